The SMILES string of the molecule is CC.Cc1ccc(-c2cccc3c2sc2ccccc23)cc1. The minimum Gasteiger partial charge on any atom is -0.135 e. The van der Waals surface area contributed by atoms with Crippen LogP contribution in [0.2, 0.25) is 0 Å². The standard InChI is InChI=1S/C19H14S.C2H6/c1-13-9-11-14(12-10-13)15-6-4-7-17-16-5-2-3-8-18(16)20-19(15)17;1-2/h2-12H,1H3;1-2H3. The van der Waals surface area contributed by atoms with Gasteiger partial charge in [0.25, 0.3) is 0 Å². The first-order valence-electron chi connectivity index (χ1n) is 7.80. The van der Waals surface area contributed by atoms with Gasteiger partial charge in [-0.3, -0.25) is 0 Å². The largest absolute Gasteiger partial charge is 0.135 e. The highest BCUT2D eigenvalue weighted by atomic mass is 32.1. The summed E-state index contributed by atoms with van der Waals surface area (Å²) < 4.78 is 2.75. The predicted octanol–water partition coefficient (Wildman–Crippen LogP) is 7.06. The molecule has 1 heteroatoms. The molecule has 0 amide bonds. The van der Waals surface area contributed by atoms with Crippen molar-refractivity contribution < 1.29 is 0 Å². The Morgan fingerprint density at radius 3 is 2.14 bits per heavy atom. The second kappa shape index (κ2) is 6.33. The molecule has 0 saturated carbocycles. The van der Waals surface area contributed by atoms with Crippen LogP contribution in [0, 0.1) is 6.92 Å². The maximum absolute atomic E-state index is 2.23. The summed E-state index contributed by atoms with van der Waals surface area (Å²) in [5.41, 5.74) is 3.94. The normalized spacial score (nSPS) is 10.5. The molecule has 0 aliphatic rings. The van der Waals surface area contributed by atoms with E-state index in [0.29, 0.717) is 0 Å². The lowest BCUT2D eigenvalue weighted by molar-refractivity contribution is 1.47. The van der Waals surface area contributed by atoms with E-state index >= 15 is 0 Å². The van der Waals surface area contributed by atoms with Gasteiger partial charge in [0.05, 0.1) is 0 Å². The van der Waals surface area contributed by atoms with Crippen molar-refractivity contribution in [3.8, 4) is 11.1 Å². The molecule has 0 atom stereocenters. The topological polar surface area (TPSA) is 0 Å². The van der Waals surface area contributed by atoms with Gasteiger partial charge in [0.15, 0.2) is 0 Å². The van der Waals surface area contributed by atoms with E-state index in [-0.39, 0.29) is 0 Å². The van der Waals surface area contributed by atoms with Crippen LogP contribution in [-0.2, 0) is 0 Å². The van der Waals surface area contributed by atoms with E-state index in [0.717, 1.165) is 0 Å². The van der Waals surface area contributed by atoms with Gasteiger partial charge in [0, 0.05) is 20.2 Å². The molecule has 4 rings (SSSR count). The minimum absolute atomic E-state index is 1.30. The minimum atomic E-state index is 1.30. The summed E-state index contributed by atoms with van der Waals surface area (Å²) in [6.07, 6.45) is 0. The molecule has 1 aromatic heterocycles. The maximum Gasteiger partial charge on any atom is 0.0433 e. The average Bonchev–Trinajstić information content (AvgIpc) is 2.96. The summed E-state index contributed by atoms with van der Waals surface area (Å²) in [6, 6.07) is 24.1. The Balaban J connectivity index is 0.000000693. The van der Waals surface area contributed by atoms with E-state index in [1.165, 1.54) is 36.9 Å². The molecule has 0 fully saturated rings. The zero-order valence-electron chi connectivity index (χ0n) is 13.3. The van der Waals surface area contributed by atoms with Crippen LogP contribution in [0.3, 0.4) is 0 Å². The summed E-state index contributed by atoms with van der Waals surface area (Å²) in [7, 11) is 0. The average molecular weight is 304 g/mol. The van der Waals surface area contributed by atoms with E-state index in [4.69, 9.17) is 0 Å². The Kier molecular flexibility index (Phi) is 4.26. The van der Waals surface area contributed by atoms with Gasteiger partial charge in [-0.1, -0.05) is 80.1 Å². The fourth-order valence-corrected chi connectivity index (χ4v) is 3.95. The molecular formula is C21H20S. The van der Waals surface area contributed by atoms with Gasteiger partial charge < -0.3 is 0 Å². The number of thiophene rings is 1. The van der Waals surface area contributed by atoms with Crippen molar-refractivity contribution in [2.75, 3.05) is 0 Å². The van der Waals surface area contributed by atoms with Crippen LogP contribution in [0.1, 0.15) is 19.4 Å². The van der Waals surface area contributed by atoms with Crippen molar-refractivity contribution in [1.82, 2.24) is 0 Å². The third kappa shape index (κ3) is 2.53. The van der Waals surface area contributed by atoms with Gasteiger partial charge in [0.1, 0.15) is 0 Å². The lowest BCUT2D eigenvalue weighted by Crippen LogP contribution is -1.78. The maximum atomic E-state index is 2.23. The summed E-state index contributed by atoms with van der Waals surface area (Å²) in [6.45, 7) is 6.13. The molecule has 0 N–H and O–H groups in total. The van der Waals surface area contributed by atoms with E-state index < -0.39 is 0 Å². The third-order valence-electron chi connectivity index (χ3n) is 3.77. The van der Waals surface area contributed by atoms with Gasteiger partial charge >= 0.3 is 0 Å². The molecule has 0 bridgehead atoms. The first kappa shape index (κ1) is 14.8. The van der Waals surface area contributed by atoms with Crippen molar-refractivity contribution in [3.63, 3.8) is 0 Å². The van der Waals surface area contributed by atoms with Crippen molar-refractivity contribution in [1.29, 1.82) is 0 Å². The molecule has 110 valence electrons. The highest BCUT2D eigenvalue weighted by molar-refractivity contribution is 7.26. The number of hydrogen-bond donors (Lipinski definition) is 0. The number of rotatable bonds is 1. The summed E-state index contributed by atoms with van der Waals surface area (Å²) in [4.78, 5) is 0. The fraction of sp³-hybridized carbons (Fsp3) is 0.143. The first-order chi connectivity index (χ1) is 10.8. The van der Waals surface area contributed by atoms with E-state index in [1.807, 2.05) is 25.2 Å². The van der Waals surface area contributed by atoms with Crippen LogP contribution >= 0.6 is 11.3 Å². The molecule has 0 spiro atoms. The first-order valence-corrected chi connectivity index (χ1v) is 8.62. The molecule has 22 heavy (non-hydrogen) atoms. The highest BCUT2D eigenvalue weighted by Gasteiger charge is 2.09. The monoisotopic (exact) mass is 304 g/mol. The van der Waals surface area contributed by atoms with E-state index in [1.54, 1.807) is 0 Å². The Morgan fingerprint density at radius 1 is 0.682 bits per heavy atom. The highest BCUT2D eigenvalue weighted by Crippen LogP contribution is 2.39. The van der Waals surface area contributed by atoms with Crippen LogP contribution in [0.5, 0.6) is 0 Å². The molecule has 0 aliphatic carbocycles. The molecule has 0 saturated heterocycles. The molecular weight excluding hydrogens is 284 g/mol. The van der Waals surface area contributed by atoms with Crippen molar-refractivity contribution >= 4 is 31.5 Å². The number of hydrogen-bond acceptors (Lipinski definition) is 1. The van der Waals surface area contributed by atoms with Crippen LogP contribution < -0.4 is 0 Å². The van der Waals surface area contributed by atoms with Gasteiger partial charge in [-0.05, 0) is 24.1 Å². The molecule has 3 aromatic carbocycles. The summed E-state index contributed by atoms with van der Waals surface area (Å²) in [5, 5.41) is 2.73. The third-order valence-corrected chi connectivity index (χ3v) is 4.99. The summed E-state index contributed by atoms with van der Waals surface area (Å²) in [5.74, 6) is 0. The second-order valence-corrected chi connectivity index (χ2v) is 6.20. The number of fused-ring (bicyclic) bond motifs is 3. The zero-order valence-corrected chi connectivity index (χ0v) is 14.1. The fourth-order valence-electron chi connectivity index (χ4n) is 2.71. The van der Waals surface area contributed by atoms with Gasteiger partial charge in [-0.25, -0.2) is 0 Å². The van der Waals surface area contributed by atoms with Crippen molar-refractivity contribution in [2.24, 2.45) is 0 Å². The van der Waals surface area contributed by atoms with Gasteiger partial charge in [0.2, 0.25) is 0 Å². The molecule has 0 unspecified atom stereocenters. The van der Waals surface area contributed by atoms with Crippen molar-refractivity contribution in [3.05, 3.63) is 72.3 Å². The van der Waals surface area contributed by atoms with E-state index in [9.17, 15) is 0 Å². The zero-order chi connectivity index (χ0) is 15.5. The van der Waals surface area contributed by atoms with Crippen molar-refractivity contribution in [2.45, 2.75) is 20.8 Å². The Labute approximate surface area is 136 Å². The molecule has 0 aliphatic heterocycles. The lowest BCUT2D eigenvalue weighted by Gasteiger charge is -2.04. The van der Waals surface area contributed by atoms with Crippen LogP contribution in [0.15, 0.2) is 66.7 Å². The molecule has 4 aromatic rings. The Hall–Kier alpha value is -2.12. The number of aryl methyl sites for hydroxylation is 1. The smallest absolute Gasteiger partial charge is 0.0433 e. The van der Waals surface area contributed by atoms with Crippen LogP contribution in [0.25, 0.3) is 31.3 Å². The Morgan fingerprint density at radius 2 is 1.36 bits per heavy atom. The van der Waals surface area contributed by atoms with Crippen LogP contribution in [-0.4, -0.2) is 0 Å². The molecule has 1 heterocycles. The van der Waals surface area contributed by atoms with Crippen LogP contribution in [0.4, 0.5) is 0 Å². The van der Waals surface area contributed by atoms with E-state index in [2.05, 4.69) is 73.7 Å². The second-order valence-electron chi connectivity index (χ2n) is 5.15. The molecule has 0 radical (unpaired) electrons. The lowest BCUT2D eigenvalue weighted by atomic mass is 10.0. The van der Waals surface area contributed by atoms with Gasteiger partial charge in [-0.2, -0.15) is 0 Å². The summed E-state index contributed by atoms with van der Waals surface area (Å²) >= 11 is 1.89. The number of benzene rings is 3. The Bertz CT molecular complexity index is 898. The quantitative estimate of drug-likeness (QED) is 0.353. The predicted molar refractivity (Wildman–Crippen MR) is 101 cm³/mol. The van der Waals surface area contributed by atoms with Gasteiger partial charge in [-0.15, -0.1) is 11.3 Å². The molecule has 0 nitrogen and oxygen atoms in total.